The van der Waals surface area contributed by atoms with E-state index in [9.17, 15) is 18.0 Å². The van der Waals surface area contributed by atoms with Gasteiger partial charge in [-0.25, -0.2) is 0 Å². The molecule has 1 amide bonds. The number of aromatic nitrogens is 2. The molecule has 8 heteroatoms. The van der Waals surface area contributed by atoms with Crippen LogP contribution in [0.1, 0.15) is 54.3 Å². The Bertz CT molecular complexity index is 802. The highest BCUT2D eigenvalue weighted by Gasteiger charge is 2.41. The van der Waals surface area contributed by atoms with Crippen molar-refractivity contribution in [2.24, 2.45) is 0 Å². The lowest BCUT2D eigenvalue weighted by Crippen LogP contribution is -2.47. The molecule has 1 aliphatic rings. The zero-order valence-electron chi connectivity index (χ0n) is 16.0. The van der Waals surface area contributed by atoms with Crippen molar-refractivity contribution in [3.05, 3.63) is 53.3 Å². The zero-order valence-corrected chi connectivity index (χ0v) is 16.0. The second-order valence-corrected chi connectivity index (χ2v) is 7.48. The highest BCUT2D eigenvalue weighted by atomic mass is 19.4. The lowest BCUT2D eigenvalue weighted by Gasteiger charge is -2.33. The average molecular weight is 394 g/mol. The molecular formula is C20H25F3N4O. The molecule has 2 aromatic rings. The van der Waals surface area contributed by atoms with Crippen LogP contribution in [0.3, 0.4) is 0 Å². The third kappa shape index (κ3) is 4.73. The Kier molecular flexibility index (Phi) is 6.07. The Morgan fingerprint density at radius 3 is 2.64 bits per heavy atom. The van der Waals surface area contributed by atoms with Gasteiger partial charge in [-0.1, -0.05) is 30.3 Å². The number of likely N-dealkylation sites (tertiary alicyclic amines) is 1. The standard InChI is InChI=1S/C20H25F3N4O/c1-14(2)27-18(20(21,22)23)17(11-24-27)19(28)25-16-9-6-10-26(13-16)12-15-7-4-3-5-8-15/h3-5,7-8,11,14,16H,6,9-10,12-13H2,1-2H3,(H,25,28). The molecule has 0 saturated carbocycles. The molecule has 0 bridgehead atoms. The van der Waals surface area contributed by atoms with Crippen LogP contribution in [0.15, 0.2) is 36.5 Å². The molecule has 1 fully saturated rings. The summed E-state index contributed by atoms with van der Waals surface area (Å²) in [5.74, 6) is -0.717. The minimum absolute atomic E-state index is 0.187. The predicted octanol–water partition coefficient (Wildman–Crippen LogP) is 3.88. The van der Waals surface area contributed by atoms with Crippen LogP contribution in [0.5, 0.6) is 0 Å². The fraction of sp³-hybridized carbons (Fsp3) is 0.500. The van der Waals surface area contributed by atoms with E-state index >= 15 is 0 Å². The summed E-state index contributed by atoms with van der Waals surface area (Å²) < 4.78 is 41.3. The molecule has 0 aliphatic carbocycles. The Morgan fingerprint density at radius 2 is 2.00 bits per heavy atom. The predicted molar refractivity (Wildman–Crippen MR) is 99.8 cm³/mol. The quantitative estimate of drug-likeness (QED) is 0.837. The minimum atomic E-state index is -4.64. The van der Waals surface area contributed by atoms with Crippen LogP contribution in [0.2, 0.25) is 0 Å². The number of benzene rings is 1. The number of carbonyl (C=O) groups is 1. The van der Waals surface area contributed by atoms with E-state index in [2.05, 4.69) is 15.3 Å². The first-order valence-corrected chi connectivity index (χ1v) is 9.47. The van der Waals surface area contributed by atoms with Gasteiger partial charge in [0.1, 0.15) is 0 Å². The molecule has 28 heavy (non-hydrogen) atoms. The van der Waals surface area contributed by atoms with Crippen LogP contribution in [-0.2, 0) is 12.7 Å². The molecule has 152 valence electrons. The molecule has 1 N–H and O–H groups in total. The number of piperidine rings is 1. The van der Waals surface area contributed by atoms with Crippen molar-refractivity contribution < 1.29 is 18.0 Å². The van der Waals surface area contributed by atoms with Crippen molar-refractivity contribution in [1.29, 1.82) is 0 Å². The van der Waals surface area contributed by atoms with Gasteiger partial charge in [0, 0.05) is 25.2 Å². The monoisotopic (exact) mass is 394 g/mol. The maximum absolute atomic E-state index is 13.5. The summed E-state index contributed by atoms with van der Waals surface area (Å²) in [5, 5.41) is 6.57. The third-order valence-corrected chi connectivity index (χ3v) is 4.89. The summed E-state index contributed by atoms with van der Waals surface area (Å²) in [7, 11) is 0. The molecule has 1 aromatic heterocycles. The number of carbonyl (C=O) groups excluding carboxylic acids is 1. The highest BCUT2D eigenvalue weighted by molar-refractivity contribution is 5.95. The number of hydrogen-bond donors (Lipinski definition) is 1. The first-order valence-electron chi connectivity index (χ1n) is 9.47. The van der Waals surface area contributed by atoms with Gasteiger partial charge in [-0.05, 0) is 38.8 Å². The molecule has 3 rings (SSSR count). The summed E-state index contributed by atoms with van der Waals surface area (Å²) in [6.45, 7) is 5.48. The fourth-order valence-electron chi connectivity index (χ4n) is 3.62. The first-order chi connectivity index (χ1) is 13.3. The number of nitrogens with zero attached hydrogens (tertiary/aromatic N) is 3. The van der Waals surface area contributed by atoms with Crippen molar-refractivity contribution >= 4 is 5.91 Å². The summed E-state index contributed by atoms with van der Waals surface area (Å²) in [6, 6.07) is 9.31. The van der Waals surface area contributed by atoms with Crippen molar-refractivity contribution in [1.82, 2.24) is 20.0 Å². The Morgan fingerprint density at radius 1 is 1.29 bits per heavy atom. The Hall–Kier alpha value is -2.35. The van der Waals surface area contributed by atoms with Crippen molar-refractivity contribution in [3.63, 3.8) is 0 Å². The van der Waals surface area contributed by atoms with Gasteiger partial charge in [-0.2, -0.15) is 18.3 Å². The van der Waals surface area contributed by atoms with E-state index in [-0.39, 0.29) is 6.04 Å². The number of amides is 1. The Labute approximate surface area is 162 Å². The van der Waals surface area contributed by atoms with Crippen LogP contribution in [0.25, 0.3) is 0 Å². The van der Waals surface area contributed by atoms with E-state index in [1.165, 1.54) is 5.56 Å². The molecule has 1 aliphatic heterocycles. The van der Waals surface area contributed by atoms with Gasteiger partial charge in [0.05, 0.1) is 11.8 Å². The van der Waals surface area contributed by atoms with Crippen LogP contribution < -0.4 is 5.32 Å². The van der Waals surface area contributed by atoms with Crippen LogP contribution in [0.4, 0.5) is 13.2 Å². The molecule has 1 aromatic carbocycles. The molecule has 1 atom stereocenters. The molecule has 0 spiro atoms. The van der Waals surface area contributed by atoms with Gasteiger partial charge in [-0.3, -0.25) is 14.4 Å². The summed E-state index contributed by atoms with van der Waals surface area (Å²) in [6.07, 6.45) is -1.99. The smallest absolute Gasteiger partial charge is 0.348 e. The van der Waals surface area contributed by atoms with Gasteiger partial charge in [0.15, 0.2) is 5.69 Å². The zero-order chi connectivity index (χ0) is 20.3. The molecule has 2 heterocycles. The van der Waals surface area contributed by atoms with Crippen molar-refractivity contribution in [3.8, 4) is 0 Å². The van der Waals surface area contributed by atoms with E-state index in [0.717, 1.165) is 36.8 Å². The van der Waals surface area contributed by atoms with Gasteiger partial charge >= 0.3 is 6.18 Å². The number of halogens is 3. The maximum Gasteiger partial charge on any atom is 0.433 e. The van der Waals surface area contributed by atoms with Gasteiger partial charge in [0.2, 0.25) is 0 Å². The normalized spacial score (nSPS) is 18.4. The fourth-order valence-corrected chi connectivity index (χ4v) is 3.62. The van der Waals surface area contributed by atoms with E-state index < -0.39 is 29.4 Å². The van der Waals surface area contributed by atoms with Crippen LogP contribution >= 0.6 is 0 Å². The van der Waals surface area contributed by atoms with E-state index in [1.807, 2.05) is 30.3 Å². The van der Waals surface area contributed by atoms with Crippen molar-refractivity contribution in [2.45, 2.75) is 51.5 Å². The summed E-state index contributed by atoms with van der Waals surface area (Å²) >= 11 is 0. The van der Waals surface area contributed by atoms with Gasteiger partial charge in [0.25, 0.3) is 5.91 Å². The molecule has 0 radical (unpaired) electrons. The number of hydrogen-bond acceptors (Lipinski definition) is 3. The first kappa shape index (κ1) is 20.4. The van der Waals surface area contributed by atoms with Crippen LogP contribution in [0, 0.1) is 0 Å². The molecule has 1 unspecified atom stereocenters. The lowest BCUT2D eigenvalue weighted by molar-refractivity contribution is -0.145. The Balaban J connectivity index is 1.69. The van der Waals surface area contributed by atoms with Gasteiger partial charge < -0.3 is 5.32 Å². The molecular weight excluding hydrogens is 369 g/mol. The number of nitrogens with one attached hydrogen (secondary N) is 1. The molecule has 5 nitrogen and oxygen atoms in total. The van der Waals surface area contributed by atoms with Crippen molar-refractivity contribution in [2.75, 3.05) is 13.1 Å². The topological polar surface area (TPSA) is 50.2 Å². The third-order valence-electron chi connectivity index (χ3n) is 4.89. The summed E-state index contributed by atoms with van der Waals surface area (Å²) in [4.78, 5) is 14.8. The van der Waals surface area contributed by atoms with E-state index in [4.69, 9.17) is 0 Å². The van der Waals surface area contributed by atoms with E-state index in [1.54, 1.807) is 13.8 Å². The minimum Gasteiger partial charge on any atom is -0.348 e. The summed E-state index contributed by atoms with van der Waals surface area (Å²) in [5.41, 5.74) is -0.231. The maximum atomic E-state index is 13.5. The van der Waals surface area contributed by atoms with Crippen LogP contribution in [-0.4, -0.2) is 39.7 Å². The number of rotatable bonds is 5. The number of alkyl halides is 3. The lowest BCUT2D eigenvalue weighted by atomic mass is 10.0. The highest BCUT2D eigenvalue weighted by Crippen LogP contribution is 2.33. The largest absolute Gasteiger partial charge is 0.433 e. The average Bonchev–Trinajstić information content (AvgIpc) is 3.09. The van der Waals surface area contributed by atoms with E-state index in [0.29, 0.717) is 6.54 Å². The second-order valence-electron chi connectivity index (χ2n) is 7.48. The molecule has 1 saturated heterocycles. The second kappa shape index (κ2) is 8.34. The van der Waals surface area contributed by atoms with Gasteiger partial charge in [-0.15, -0.1) is 0 Å². The SMILES string of the molecule is CC(C)n1ncc(C(=O)NC2CCCN(Cc3ccccc3)C2)c1C(F)(F)F.